The molecule has 0 bridgehead atoms. The van der Waals surface area contributed by atoms with Gasteiger partial charge < -0.3 is 11.1 Å². The van der Waals surface area contributed by atoms with Crippen molar-refractivity contribution in [1.82, 2.24) is 4.98 Å². The van der Waals surface area contributed by atoms with E-state index in [0.29, 0.717) is 10.1 Å². The summed E-state index contributed by atoms with van der Waals surface area (Å²) in [7, 11) is 0. The minimum absolute atomic E-state index is 0.276. The first kappa shape index (κ1) is 9.49. The molecule has 3 N–H and O–H groups in total. The molecule has 2 aromatic rings. The van der Waals surface area contributed by atoms with Crippen molar-refractivity contribution in [2.24, 2.45) is 0 Å². The van der Waals surface area contributed by atoms with Gasteiger partial charge in [0, 0.05) is 5.69 Å². The van der Waals surface area contributed by atoms with Crippen LogP contribution in [0.25, 0.3) is 0 Å². The van der Waals surface area contributed by atoms with Crippen molar-refractivity contribution in [3.05, 3.63) is 36.0 Å². The molecule has 0 aliphatic rings. The van der Waals surface area contributed by atoms with E-state index in [4.69, 9.17) is 11.0 Å². The molecular formula is C10H8N4S. The highest BCUT2D eigenvalue weighted by atomic mass is 32.1. The molecule has 74 valence electrons. The van der Waals surface area contributed by atoms with Gasteiger partial charge in [0.15, 0.2) is 10.8 Å². The van der Waals surface area contributed by atoms with Crippen molar-refractivity contribution in [2.45, 2.75) is 0 Å². The van der Waals surface area contributed by atoms with Crippen LogP contribution in [0, 0.1) is 11.3 Å². The molecule has 2 rings (SSSR count). The van der Waals surface area contributed by atoms with Crippen LogP contribution in [0.2, 0.25) is 0 Å². The number of hydrogen-bond donors (Lipinski definition) is 2. The van der Waals surface area contributed by atoms with Crippen molar-refractivity contribution in [3.8, 4) is 6.07 Å². The number of rotatable bonds is 2. The molecule has 0 amide bonds. The average molecular weight is 216 g/mol. The van der Waals surface area contributed by atoms with Crippen LogP contribution in [0.3, 0.4) is 0 Å². The number of benzene rings is 1. The standard InChI is InChI=1S/C10H8N4S/c11-6-8-9(12)15-10(14-8)13-7-4-2-1-3-5-7/h1-5H,12H2,(H,13,14). The molecule has 0 saturated carbocycles. The second kappa shape index (κ2) is 3.98. The van der Waals surface area contributed by atoms with Gasteiger partial charge in [-0.3, -0.25) is 0 Å². The van der Waals surface area contributed by atoms with Gasteiger partial charge in [-0.05, 0) is 12.1 Å². The molecule has 0 atom stereocenters. The Morgan fingerprint density at radius 1 is 1.33 bits per heavy atom. The lowest BCUT2D eigenvalue weighted by atomic mass is 10.3. The molecule has 0 aliphatic carbocycles. The monoisotopic (exact) mass is 216 g/mol. The molecule has 4 nitrogen and oxygen atoms in total. The first-order valence-corrected chi connectivity index (χ1v) is 5.09. The van der Waals surface area contributed by atoms with Crippen molar-refractivity contribution < 1.29 is 0 Å². The third-order valence-electron chi connectivity index (χ3n) is 1.78. The molecular weight excluding hydrogens is 208 g/mol. The quantitative estimate of drug-likeness (QED) is 0.808. The van der Waals surface area contributed by atoms with Gasteiger partial charge >= 0.3 is 0 Å². The fraction of sp³-hybridized carbons (Fsp3) is 0. The minimum atomic E-state index is 0.276. The van der Waals surface area contributed by atoms with Crippen LogP contribution in [0.1, 0.15) is 5.69 Å². The maximum Gasteiger partial charge on any atom is 0.190 e. The SMILES string of the molecule is N#Cc1nc(Nc2ccccc2)sc1N. The number of nitrogen functional groups attached to an aromatic ring is 1. The summed E-state index contributed by atoms with van der Waals surface area (Å²) in [5, 5.41) is 12.8. The van der Waals surface area contributed by atoms with Gasteiger partial charge in [-0.1, -0.05) is 29.5 Å². The van der Waals surface area contributed by atoms with Crippen LogP contribution in [0.5, 0.6) is 0 Å². The van der Waals surface area contributed by atoms with Crippen molar-refractivity contribution >= 4 is 27.2 Å². The number of nitriles is 1. The van der Waals surface area contributed by atoms with Crippen LogP contribution < -0.4 is 11.1 Å². The maximum atomic E-state index is 8.68. The minimum Gasteiger partial charge on any atom is -0.388 e. The molecule has 15 heavy (non-hydrogen) atoms. The highest BCUT2D eigenvalue weighted by Gasteiger charge is 2.06. The highest BCUT2D eigenvalue weighted by molar-refractivity contribution is 7.19. The van der Waals surface area contributed by atoms with Crippen LogP contribution in [0.4, 0.5) is 15.8 Å². The summed E-state index contributed by atoms with van der Waals surface area (Å²) in [5.74, 6) is 0. The number of nitrogens with two attached hydrogens (primary N) is 1. The summed E-state index contributed by atoms with van der Waals surface area (Å²) < 4.78 is 0. The lowest BCUT2D eigenvalue weighted by molar-refractivity contribution is 1.32. The third-order valence-corrected chi connectivity index (χ3v) is 2.58. The zero-order chi connectivity index (χ0) is 10.7. The topological polar surface area (TPSA) is 74.7 Å². The lowest BCUT2D eigenvalue weighted by Crippen LogP contribution is -1.88. The van der Waals surface area contributed by atoms with Gasteiger partial charge in [0.2, 0.25) is 0 Å². The van der Waals surface area contributed by atoms with E-state index in [1.54, 1.807) is 0 Å². The normalized spacial score (nSPS) is 9.53. The average Bonchev–Trinajstić information content (AvgIpc) is 2.60. The lowest BCUT2D eigenvalue weighted by Gasteiger charge is -1.99. The Kier molecular flexibility index (Phi) is 2.52. The molecule has 1 aromatic heterocycles. The van der Waals surface area contributed by atoms with E-state index in [-0.39, 0.29) is 5.69 Å². The van der Waals surface area contributed by atoms with Crippen molar-refractivity contribution in [1.29, 1.82) is 5.26 Å². The predicted octanol–water partition coefficient (Wildman–Crippen LogP) is 2.34. The number of para-hydroxylation sites is 1. The van der Waals surface area contributed by atoms with Crippen LogP contribution in [0.15, 0.2) is 30.3 Å². The first-order chi connectivity index (χ1) is 7.29. The van der Waals surface area contributed by atoms with Gasteiger partial charge in [0.05, 0.1) is 0 Å². The van der Waals surface area contributed by atoms with Gasteiger partial charge in [0.1, 0.15) is 11.1 Å². The zero-order valence-corrected chi connectivity index (χ0v) is 8.58. The summed E-state index contributed by atoms with van der Waals surface area (Å²) in [6.45, 7) is 0. The van der Waals surface area contributed by atoms with E-state index in [2.05, 4.69) is 10.3 Å². The Morgan fingerprint density at radius 3 is 2.67 bits per heavy atom. The zero-order valence-electron chi connectivity index (χ0n) is 7.77. The first-order valence-electron chi connectivity index (χ1n) is 4.28. The van der Waals surface area contributed by atoms with E-state index in [1.165, 1.54) is 11.3 Å². The second-order valence-electron chi connectivity index (χ2n) is 2.83. The van der Waals surface area contributed by atoms with Gasteiger partial charge in [-0.25, -0.2) is 4.98 Å². The van der Waals surface area contributed by atoms with Gasteiger partial charge in [-0.15, -0.1) is 0 Å². The molecule has 5 heteroatoms. The van der Waals surface area contributed by atoms with Crippen LogP contribution >= 0.6 is 11.3 Å². The number of hydrogen-bond acceptors (Lipinski definition) is 5. The smallest absolute Gasteiger partial charge is 0.190 e. The summed E-state index contributed by atoms with van der Waals surface area (Å²) in [5.41, 5.74) is 6.80. The predicted molar refractivity (Wildman–Crippen MR) is 61.0 cm³/mol. The van der Waals surface area contributed by atoms with Crippen molar-refractivity contribution in [3.63, 3.8) is 0 Å². The largest absolute Gasteiger partial charge is 0.388 e. The molecule has 0 saturated heterocycles. The molecule has 0 radical (unpaired) electrons. The highest BCUT2D eigenvalue weighted by Crippen LogP contribution is 2.27. The van der Waals surface area contributed by atoms with Crippen molar-refractivity contribution in [2.75, 3.05) is 11.1 Å². The molecule has 0 unspecified atom stereocenters. The number of nitrogens with zero attached hydrogens (tertiary/aromatic N) is 2. The Balaban J connectivity index is 2.23. The van der Waals surface area contributed by atoms with E-state index in [0.717, 1.165) is 5.69 Å². The summed E-state index contributed by atoms with van der Waals surface area (Å²) in [4.78, 5) is 4.04. The Morgan fingerprint density at radius 2 is 2.07 bits per heavy atom. The summed E-state index contributed by atoms with van der Waals surface area (Å²) in [6, 6.07) is 11.6. The maximum absolute atomic E-state index is 8.68. The van der Waals surface area contributed by atoms with E-state index < -0.39 is 0 Å². The fourth-order valence-corrected chi connectivity index (χ4v) is 1.81. The Hall–Kier alpha value is -2.06. The number of aromatic nitrogens is 1. The van der Waals surface area contributed by atoms with Gasteiger partial charge in [0.25, 0.3) is 0 Å². The van der Waals surface area contributed by atoms with E-state index in [1.807, 2.05) is 36.4 Å². The summed E-state index contributed by atoms with van der Waals surface area (Å²) >= 11 is 1.27. The van der Waals surface area contributed by atoms with Crippen LogP contribution in [-0.4, -0.2) is 4.98 Å². The molecule has 0 spiro atoms. The van der Waals surface area contributed by atoms with E-state index >= 15 is 0 Å². The number of anilines is 3. The second-order valence-corrected chi connectivity index (χ2v) is 3.87. The summed E-state index contributed by atoms with van der Waals surface area (Å²) in [6.07, 6.45) is 0. The van der Waals surface area contributed by atoms with E-state index in [9.17, 15) is 0 Å². The van der Waals surface area contributed by atoms with Gasteiger partial charge in [-0.2, -0.15) is 5.26 Å². The molecule has 1 heterocycles. The van der Waals surface area contributed by atoms with Crippen LogP contribution in [-0.2, 0) is 0 Å². The molecule has 0 fully saturated rings. The number of thiazole rings is 1. The Labute approximate surface area is 91.0 Å². The third kappa shape index (κ3) is 2.06. The fourth-order valence-electron chi connectivity index (χ4n) is 1.11. The number of nitrogens with one attached hydrogen (secondary N) is 1. The molecule has 1 aromatic carbocycles. The Bertz CT molecular complexity index is 498. The molecule has 0 aliphatic heterocycles.